The number of nitrogens with one attached hydrogen (secondary N) is 1. The Morgan fingerprint density at radius 1 is 1.38 bits per heavy atom. The lowest BCUT2D eigenvalue weighted by molar-refractivity contribution is -0.121. The van der Waals surface area contributed by atoms with Gasteiger partial charge in [-0.05, 0) is 18.8 Å². The molecule has 1 N–H and O–H groups in total. The summed E-state index contributed by atoms with van der Waals surface area (Å²) in [5.74, 6) is 1.11. The van der Waals surface area contributed by atoms with Gasteiger partial charge in [-0.3, -0.25) is 4.79 Å². The molecule has 0 aromatic carbocycles. The second-order valence-electron chi connectivity index (χ2n) is 4.04. The number of amides is 1. The molecule has 1 rings (SSSR count). The summed E-state index contributed by atoms with van der Waals surface area (Å²) in [6, 6.07) is 0. The van der Waals surface area contributed by atoms with Crippen LogP contribution in [-0.4, -0.2) is 12.5 Å². The van der Waals surface area contributed by atoms with Gasteiger partial charge in [0, 0.05) is 13.0 Å². The normalized spacial score (nSPS) is 17.6. The summed E-state index contributed by atoms with van der Waals surface area (Å²) >= 11 is 0. The van der Waals surface area contributed by atoms with Gasteiger partial charge in [-0.1, -0.05) is 32.6 Å². The molecule has 2 heteroatoms. The van der Waals surface area contributed by atoms with E-state index in [1.807, 2.05) is 6.92 Å². The van der Waals surface area contributed by atoms with Crippen LogP contribution in [-0.2, 0) is 4.79 Å². The maximum absolute atomic E-state index is 11.1. The SMILES string of the molecule is CCCC(=O)NCCC1CCCC1. The van der Waals surface area contributed by atoms with Gasteiger partial charge in [0.2, 0.25) is 5.91 Å². The van der Waals surface area contributed by atoms with Gasteiger partial charge in [0.25, 0.3) is 0 Å². The van der Waals surface area contributed by atoms with Crippen LogP contribution in [0.25, 0.3) is 0 Å². The summed E-state index contributed by atoms with van der Waals surface area (Å²) in [5, 5.41) is 2.97. The Morgan fingerprint density at radius 2 is 2.08 bits per heavy atom. The van der Waals surface area contributed by atoms with E-state index in [1.54, 1.807) is 0 Å². The Kier molecular flexibility index (Phi) is 4.87. The molecule has 0 heterocycles. The molecule has 0 spiro atoms. The zero-order chi connectivity index (χ0) is 9.52. The number of hydrogen-bond donors (Lipinski definition) is 1. The van der Waals surface area contributed by atoms with Crippen molar-refractivity contribution in [1.29, 1.82) is 0 Å². The van der Waals surface area contributed by atoms with Crippen molar-refractivity contribution in [3.8, 4) is 0 Å². The van der Waals surface area contributed by atoms with Gasteiger partial charge in [0.05, 0.1) is 0 Å². The van der Waals surface area contributed by atoms with Crippen LogP contribution in [0.1, 0.15) is 51.9 Å². The van der Waals surface area contributed by atoms with Crippen LogP contribution in [0, 0.1) is 5.92 Å². The summed E-state index contributed by atoms with van der Waals surface area (Å²) in [5.41, 5.74) is 0. The minimum atomic E-state index is 0.223. The van der Waals surface area contributed by atoms with Gasteiger partial charge in [-0.15, -0.1) is 0 Å². The van der Waals surface area contributed by atoms with E-state index in [2.05, 4.69) is 5.32 Å². The Labute approximate surface area is 81.1 Å². The Bertz CT molecular complexity index is 150. The first-order valence-corrected chi connectivity index (χ1v) is 5.59. The highest BCUT2D eigenvalue weighted by molar-refractivity contribution is 5.75. The molecule has 76 valence electrons. The van der Waals surface area contributed by atoms with Crippen molar-refractivity contribution in [2.24, 2.45) is 5.92 Å². The van der Waals surface area contributed by atoms with Gasteiger partial charge in [0.1, 0.15) is 0 Å². The highest BCUT2D eigenvalue weighted by Gasteiger charge is 2.14. The second kappa shape index (κ2) is 6.01. The first-order valence-electron chi connectivity index (χ1n) is 5.59. The van der Waals surface area contributed by atoms with Crippen molar-refractivity contribution in [2.45, 2.75) is 51.9 Å². The Morgan fingerprint density at radius 3 is 2.69 bits per heavy atom. The second-order valence-corrected chi connectivity index (χ2v) is 4.04. The predicted molar refractivity (Wildman–Crippen MR) is 54.5 cm³/mol. The van der Waals surface area contributed by atoms with E-state index < -0.39 is 0 Å². The van der Waals surface area contributed by atoms with E-state index in [0.717, 1.165) is 18.9 Å². The molecule has 0 atom stereocenters. The van der Waals surface area contributed by atoms with Crippen LogP contribution in [0.3, 0.4) is 0 Å². The molecule has 0 saturated heterocycles. The van der Waals surface area contributed by atoms with Crippen molar-refractivity contribution in [3.63, 3.8) is 0 Å². The molecule has 1 aliphatic rings. The zero-order valence-electron chi connectivity index (χ0n) is 8.64. The molecule has 0 bridgehead atoms. The van der Waals surface area contributed by atoms with Crippen LogP contribution in [0.5, 0.6) is 0 Å². The predicted octanol–water partition coefficient (Wildman–Crippen LogP) is 2.48. The van der Waals surface area contributed by atoms with Crippen LogP contribution in [0.2, 0.25) is 0 Å². The van der Waals surface area contributed by atoms with E-state index in [0.29, 0.717) is 6.42 Å². The fourth-order valence-electron chi connectivity index (χ4n) is 2.03. The van der Waals surface area contributed by atoms with E-state index in [4.69, 9.17) is 0 Å². The molecule has 0 radical (unpaired) electrons. The first kappa shape index (κ1) is 10.6. The van der Waals surface area contributed by atoms with Crippen molar-refractivity contribution in [1.82, 2.24) is 5.32 Å². The van der Waals surface area contributed by atoms with Gasteiger partial charge < -0.3 is 5.32 Å². The molecule has 1 fully saturated rings. The fraction of sp³-hybridized carbons (Fsp3) is 0.909. The largest absolute Gasteiger partial charge is 0.356 e. The molecule has 13 heavy (non-hydrogen) atoms. The number of rotatable bonds is 5. The molecular weight excluding hydrogens is 162 g/mol. The first-order chi connectivity index (χ1) is 6.33. The summed E-state index contributed by atoms with van der Waals surface area (Å²) in [7, 11) is 0. The van der Waals surface area contributed by atoms with E-state index in [9.17, 15) is 4.79 Å². The van der Waals surface area contributed by atoms with Gasteiger partial charge >= 0.3 is 0 Å². The Balaban J connectivity index is 1.96. The highest BCUT2D eigenvalue weighted by atomic mass is 16.1. The third kappa shape index (κ3) is 4.30. The van der Waals surface area contributed by atoms with Crippen molar-refractivity contribution in [3.05, 3.63) is 0 Å². The van der Waals surface area contributed by atoms with Crippen molar-refractivity contribution >= 4 is 5.91 Å². The number of carbonyl (C=O) groups is 1. The molecular formula is C11H21NO. The summed E-state index contributed by atoms with van der Waals surface area (Å²) < 4.78 is 0. The Hall–Kier alpha value is -0.530. The van der Waals surface area contributed by atoms with Gasteiger partial charge in [-0.2, -0.15) is 0 Å². The zero-order valence-corrected chi connectivity index (χ0v) is 8.64. The average molecular weight is 183 g/mol. The lowest BCUT2D eigenvalue weighted by atomic mass is 10.0. The van der Waals surface area contributed by atoms with Crippen molar-refractivity contribution < 1.29 is 4.79 Å². The minimum absolute atomic E-state index is 0.223. The number of hydrogen-bond acceptors (Lipinski definition) is 1. The van der Waals surface area contributed by atoms with Crippen LogP contribution >= 0.6 is 0 Å². The van der Waals surface area contributed by atoms with Gasteiger partial charge in [-0.25, -0.2) is 0 Å². The molecule has 1 aliphatic carbocycles. The molecule has 0 aromatic rings. The summed E-state index contributed by atoms with van der Waals surface area (Å²) in [6.45, 7) is 2.93. The van der Waals surface area contributed by atoms with Crippen LogP contribution < -0.4 is 5.32 Å². The summed E-state index contributed by atoms with van der Waals surface area (Å²) in [4.78, 5) is 11.1. The van der Waals surface area contributed by atoms with E-state index >= 15 is 0 Å². The molecule has 0 aliphatic heterocycles. The monoisotopic (exact) mass is 183 g/mol. The minimum Gasteiger partial charge on any atom is -0.356 e. The molecule has 0 unspecified atom stereocenters. The van der Waals surface area contributed by atoms with Crippen LogP contribution in [0.15, 0.2) is 0 Å². The van der Waals surface area contributed by atoms with E-state index in [1.165, 1.54) is 32.1 Å². The lowest BCUT2D eigenvalue weighted by Crippen LogP contribution is -2.25. The summed E-state index contributed by atoms with van der Waals surface area (Å²) in [6.07, 6.45) is 8.38. The average Bonchev–Trinajstić information content (AvgIpc) is 2.57. The van der Waals surface area contributed by atoms with Gasteiger partial charge in [0.15, 0.2) is 0 Å². The standard InChI is InChI=1S/C11H21NO/c1-2-5-11(13)12-9-8-10-6-3-4-7-10/h10H,2-9H2,1H3,(H,12,13). The third-order valence-electron chi connectivity index (χ3n) is 2.83. The molecule has 1 saturated carbocycles. The maximum Gasteiger partial charge on any atom is 0.219 e. The third-order valence-corrected chi connectivity index (χ3v) is 2.83. The topological polar surface area (TPSA) is 29.1 Å². The fourth-order valence-corrected chi connectivity index (χ4v) is 2.03. The van der Waals surface area contributed by atoms with E-state index in [-0.39, 0.29) is 5.91 Å². The molecule has 0 aromatic heterocycles. The quantitative estimate of drug-likeness (QED) is 0.697. The highest BCUT2D eigenvalue weighted by Crippen LogP contribution is 2.26. The maximum atomic E-state index is 11.1. The lowest BCUT2D eigenvalue weighted by Gasteiger charge is -2.09. The molecule has 2 nitrogen and oxygen atoms in total. The van der Waals surface area contributed by atoms with Crippen molar-refractivity contribution in [2.75, 3.05) is 6.54 Å². The number of carbonyl (C=O) groups excluding carboxylic acids is 1. The molecule has 1 amide bonds. The smallest absolute Gasteiger partial charge is 0.219 e. The van der Waals surface area contributed by atoms with Crippen LogP contribution in [0.4, 0.5) is 0 Å².